The molecule has 0 radical (unpaired) electrons. The topological polar surface area (TPSA) is 26.3 Å². The molecule has 0 heterocycles. The van der Waals surface area contributed by atoms with Crippen molar-refractivity contribution < 1.29 is 18.3 Å². The van der Waals surface area contributed by atoms with Gasteiger partial charge in [0.1, 0.15) is 0 Å². The van der Waals surface area contributed by atoms with Crippen LogP contribution in [0.1, 0.15) is 5.56 Å². The number of halogens is 3. The van der Waals surface area contributed by atoms with Gasteiger partial charge in [0.25, 0.3) is 0 Å². The molecule has 0 saturated carbocycles. The number of carbonyl (C=O) groups excluding carboxylic acids is 1. The minimum Gasteiger partial charge on any atom is -0.464 e. The molecule has 0 N–H and O–H groups in total. The number of rotatable bonds is 2. The average Bonchev–Trinajstić information content (AvgIpc) is 2.16. The lowest BCUT2D eigenvalue weighted by atomic mass is 10.1. The Hall–Kier alpha value is -0.970. The molecule has 0 bridgehead atoms. The van der Waals surface area contributed by atoms with Gasteiger partial charge in [0.2, 0.25) is 0 Å². The van der Waals surface area contributed by atoms with Crippen LogP contribution in [0.3, 0.4) is 0 Å². The van der Waals surface area contributed by atoms with Crippen molar-refractivity contribution in [3.63, 3.8) is 0 Å². The van der Waals surface area contributed by atoms with Gasteiger partial charge < -0.3 is 4.74 Å². The highest BCUT2D eigenvalue weighted by molar-refractivity contribution is 9.10. The molecule has 0 fully saturated rings. The van der Waals surface area contributed by atoms with Crippen LogP contribution >= 0.6 is 15.9 Å². The van der Waals surface area contributed by atoms with Gasteiger partial charge >= 0.3 is 11.9 Å². The van der Waals surface area contributed by atoms with Crippen LogP contribution < -0.4 is 0 Å². The highest BCUT2D eigenvalue weighted by Crippen LogP contribution is 2.30. The molecule has 0 amide bonds. The van der Waals surface area contributed by atoms with Crippen LogP contribution in [-0.4, -0.2) is 13.1 Å². The maximum absolute atomic E-state index is 13.2. The molecule has 0 aromatic heterocycles. The molecular formula is C9H7BrF2O2. The lowest BCUT2D eigenvalue weighted by Crippen LogP contribution is -2.27. The van der Waals surface area contributed by atoms with Crippen LogP contribution in [0, 0.1) is 0 Å². The fourth-order valence-corrected chi connectivity index (χ4v) is 1.33. The fraction of sp³-hybridized carbons (Fsp3) is 0.222. The van der Waals surface area contributed by atoms with E-state index in [4.69, 9.17) is 0 Å². The first-order valence-electron chi connectivity index (χ1n) is 3.70. The van der Waals surface area contributed by atoms with Crippen LogP contribution in [-0.2, 0) is 15.5 Å². The molecule has 0 unspecified atom stereocenters. The molecule has 2 nitrogen and oxygen atoms in total. The van der Waals surface area contributed by atoms with E-state index in [1.54, 1.807) is 6.07 Å². The summed E-state index contributed by atoms with van der Waals surface area (Å²) in [5.74, 6) is -5.16. The zero-order valence-corrected chi connectivity index (χ0v) is 8.85. The van der Waals surface area contributed by atoms with E-state index in [0.29, 0.717) is 4.47 Å². The summed E-state index contributed by atoms with van der Waals surface area (Å²) in [7, 11) is 0.925. The number of methoxy groups -OCH3 is 1. The first-order valence-corrected chi connectivity index (χ1v) is 4.50. The van der Waals surface area contributed by atoms with Crippen molar-refractivity contribution in [3.8, 4) is 0 Å². The third-order valence-corrected chi connectivity index (χ3v) is 2.12. The summed E-state index contributed by atoms with van der Waals surface area (Å²) in [5, 5.41) is 0. The Morgan fingerprint density at radius 3 is 2.64 bits per heavy atom. The van der Waals surface area contributed by atoms with Gasteiger partial charge in [-0.1, -0.05) is 28.1 Å². The predicted molar refractivity (Wildman–Crippen MR) is 50.1 cm³/mol. The van der Waals surface area contributed by atoms with Crippen LogP contribution in [0.15, 0.2) is 28.7 Å². The van der Waals surface area contributed by atoms with E-state index in [1.165, 1.54) is 18.2 Å². The number of carbonyl (C=O) groups is 1. The number of hydrogen-bond donors (Lipinski definition) is 0. The van der Waals surface area contributed by atoms with Gasteiger partial charge in [0, 0.05) is 10.0 Å². The Kier molecular flexibility index (Phi) is 3.21. The Morgan fingerprint density at radius 1 is 1.50 bits per heavy atom. The van der Waals surface area contributed by atoms with Gasteiger partial charge in [-0.05, 0) is 12.1 Å². The van der Waals surface area contributed by atoms with Crippen molar-refractivity contribution >= 4 is 21.9 Å². The zero-order chi connectivity index (χ0) is 10.8. The van der Waals surface area contributed by atoms with Crippen molar-refractivity contribution in [2.45, 2.75) is 5.92 Å². The number of ether oxygens (including phenoxy) is 1. The van der Waals surface area contributed by atoms with E-state index in [2.05, 4.69) is 20.7 Å². The molecule has 5 heteroatoms. The van der Waals surface area contributed by atoms with Gasteiger partial charge in [-0.2, -0.15) is 8.78 Å². The Balaban J connectivity index is 3.09. The largest absolute Gasteiger partial charge is 0.464 e. The van der Waals surface area contributed by atoms with E-state index in [-0.39, 0.29) is 0 Å². The highest BCUT2D eigenvalue weighted by Gasteiger charge is 2.42. The van der Waals surface area contributed by atoms with E-state index in [0.717, 1.165) is 7.11 Å². The number of esters is 1. The van der Waals surface area contributed by atoms with Crippen molar-refractivity contribution in [2.24, 2.45) is 0 Å². The normalized spacial score (nSPS) is 11.1. The molecule has 1 rings (SSSR count). The van der Waals surface area contributed by atoms with Crippen LogP contribution in [0.2, 0.25) is 0 Å². The third kappa shape index (κ3) is 2.09. The smallest absolute Gasteiger partial charge is 0.381 e. The van der Waals surface area contributed by atoms with Crippen molar-refractivity contribution in [1.82, 2.24) is 0 Å². The number of benzene rings is 1. The minimum atomic E-state index is -3.60. The van der Waals surface area contributed by atoms with Crippen molar-refractivity contribution in [3.05, 3.63) is 34.3 Å². The highest BCUT2D eigenvalue weighted by atomic mass is 79.9. The van der Waals surface area contributed by atoms with Crippen molar-refractivity contribution in [2.75, 3.05) is 7.11 Å². The summed E-state index contributed by atoms with van der Waals surface area (Å²) in [6.07, 6.45) is 0. The summed E-state index contributed by atoms with van der Waals surface area (Å²) in [5.41, 5.74) is -0.390. The number of hydrogen-bond acceptors (Lipinski definition) is 2. The van der Waals surface area contributed by atoms with Gasteiger partial charge in [-0.25, -0.2) is 4.79 Å². The zero-order valence-electron chi connectivity index (χ0n) is 7.26. The van der Waals surface area contributed by atoms with Crippen molar-refractivity contribution in [1.29, 1.82) is 0 Å². The first-order chi connectivity index (χ1) is 6.48. The average molecular weight is 265 g/mol. The van der Waals surface area contributed by atoms with Crippen LogP contribution in [0.4, 0.5) is 8.78 Å². The molecule has 0 aliphatic heterocycles. The Labute approximate surface area is 88.0 Å². The molecule has 0 aliphatic carbocycles. The lowest BCUT2D eigenvalue weighted by molar-refractivity contribution is -0.170. The SMILES string of the molecule is COC(=O)C(F)(F)c1cccc(Br)c1. The third-order valence-electron chi connectivity index (χ3n) is 1.63. The van der Waals surface area contributed by atoms with Gasteiger partial charge in [-0.3, -0.25) is 0 Å². The molecular weight excluding hydrogens is 258 g/mol. The number of alkyl halides is 2. The molecule has 0 saturated heterocycles. The summed E-state index contributed by atoms with van der Waals surface area (Å²) < 4.78 is 31.0. The van der Waals surface area contributed by atoms with E-state index < -0.39 is 17.5 Å². The fourth-order valence-electron chi connectivity index (χ4n) is 0.930. The van der Waals surface area contributed by atoms with Gasteiger partial charge in [0.05, 0.1) is 7.11 Å². The standard InChI is InChI=1S/C9H7BrF2O2/c1-14-8(13)9(11,12)6-3-2-4-7(10)5-6/h2-5H,1H3. The molecule has 1 aromatic rings. The molecule has 14 heavy (non-hydrogen) atoms. The maximum atomic E-state index is 13.2. The molecule has 0 atom stereocenters. The first kappa shape index (κ1) is 11.1. The quantitative estimate of drug-likeness (QED) is 0.768. The van der Waals surface area contributed by atoms with Gasteiger partial charge in [-0.15, -0.1) is 0 Å². The van der Waals surface area contributed by atoms with E-state index >= 15 is 0 Å². The second-order valence-electron chi connectivity index (χ2n) is 2.58. The van der Waals surface area contributed by atoms with Crippen LogP contribution in [0.5, 0.6) is 0 Å². The molecule has 0 aliphatic rings. The summed E-state index contributed by atoms with van der Waals surface area (Å²) in [6.45, 7) is 0. The molecule has 76 valence electrons. The molecule has 1 aromatic carbocycles. The summed E-state index contributed by atoms with van der Waals surface area (Å²) in [6, 6.07) is 5.37. The predicted octanol–water partition coefficient (Wildman–Crippen LogP) is 2.71. The summed E-state index contributed by atoms with van der Waals surface area (Å²) >= 11 is 3.04. The lowest BCUT2D eigenvalue weighted by Gasteiger charge is -2.13. The second-order valence-corrected chi connectivity index (χ2v) is 3.49. The van der Waals surface area contributed by atoms with Crippen LogP contribution in [0.25, 0.3) is 0 Å². The Bertz CT molecular complexity index is 352. The minimum absolute atomic E-state index is 0.390. The van der Waals surface area contributed by atoms with E-state index in [9.17, 15) is 13.6 Å². The van der Waals surface area contributed by atoms with Gasteiger partial charge in [0.15, 0.2) is 0 Å². The second kappa shape index (κ2) is 4.04. The molecule has 0 spiro atoms. The maximum Gasteiger partial charge on any atom is 0.381 e. The Morgan fingerprint density at radius 2 is 2.14 bits per heavy atom. The van der Waals surface area contributed by atoms with E-state index in [1.807, 2.05) is 0 Å². The summed E-state index contributed by atoms with van der Waals surface area (Å²) in [4.78, 5) is 10.8. The monoisotopic (exact) mass is 264 g/mol.